The number of esters is 1. The standard InChI is InChI=1S/C18H10Cl2N2O3/c19-10-5-12-14(6-11(10)20)22-16(15-13(21-12)7-25-18(15)24)8-3-1-2-4-9(8)17(22)23/h1-6,16,21H,7H2. The first-order chi connectivity index (χ1) is 12.1. The number of halogens is 2. The van der Waals surface area contributed by atoms with Crippen LogP contribution in [0.25, 0.3) is 0 Å². The van der Waals surface area contributed by atoms with Crippen molar-refractivity contribution in [2.24, 2.45) is 0 Å². The predicted molar refractivity (Wildman–Crippen MR) is 94.1 cm³/mol. The molecule has 1 atom stereocenters. The van der Waals surface area contributed by atoms with Crippen molar-refractivity contribution in [2.45, 2.75) is 6.04 Å². The Kier molecular flexibility index (Phi) is 2.96. The fourth-order valence-electron chi connectivity index (χ4n) is 3.64. The van der Waals surface area contributed by atoms with Gasteiger partial charge in [0.2, 0.25) is 0 Å². The van der Waals surface area contributed by atoms with Crippen molar-refractivity contribution < 1.29 is 14.3 Å². The highest BCUT2D eigenvalue weighted by molar-refractivity contribution is 6.42. The Hall–Kier alpha value is -2.50. The molecule has 7 heteroatoms. The molecule has 1 N–H and O–H groups in total. The Bertz CT molecular complexity index is 1020. The number of nitrogens with one attached hydrogen (secondary N) is 1. The second-order valence-electron chi connectivity index (χ2n) is 6.04. The van der Waals surface area contributed by atoms with E-state index in [1.165, 1.54) is 0 Å². The topological polar surface area (TPSA) is 58.6 Å². The molecule has 25 heavy (non-hydrogen) atoms. The van der Waals surface area contributed by atoms with Crippen molar-refractivity contribution in [1.29, 1.82) is 0 Å². The molecular formula is C18H10Cl2N2O3. The van der Waals surface area contributed by atoms with E-state index >= 15 is 0 Å². The third-order valence-corrected chi connectivity index (χ3v) is 5.43. The number of carbonyl (C=O) groups excluding carboxylic acids is 2. The molecule has 3 heterocycles. The van der Waals surface area contributed by atoms with Crippen molar-refractivity contribution in [1.82, 2.24) is 0 Å². The summed E-state index contributed by atoms with van der Waals surface area (Å²) in [6.45, 7) is 0.133. The molecular weight excluding hydrogens is 363 g/mol. The molecule has 0 fully saturated rings. The third kappa shape index (κ3) is 1.91. The summed E-state index contributed by atoms with van der Waals surface area (Å²) in [5.74, 6) is -0.609. The lowest BCUT2D eigenvalue weighted by atomic mass is 9.97. The van der Waals surface area contributed by atoms with Gasteiger partial charge in [-0.05, 0) is 23.8 Å². The lowest BCUT2D eigenvalue weighted by Gasteiger charge is -2.25. The Morgan fingerprint density at radius 1 is 1.12 bits per heavy atom. The molecule has 0 spiro atoms. The normalized spacial score (nSPS) is 20.4. The lowest BCUT2D eigenvalue weighted by Crippen LogP contribution is -2.30. The van der Waals surface area contributed by atoms with Gasteiger partial charge < -0.3 is 10.1 Å². The zero-order valence-electron chi connectivity index (χ0n) is 12.7. The van der Waals surface area contributed by atoms with E-state index in [2.05, 4.69) is 5.32 Å². The van der Waals surface area contributed by atoms with Gasteiger partial charge in [0, 0.05) is 5.56 Å². The summed E-state index contributed by atoms with van der Waals surface area (Å²) < 4.78 is 5.21. The van der Waals surface area contributed by atoms with Gasteiger partial charge in [0.05, 0.1) is 38.7 Å². The number of benzene rings is 2. The van der Waals surface area contributed by atoms with Crippen molar-refractivity contribution in [3.8, 4) is 0 Å². The minimum atomic E-state index is -0.542. The number of hydrogen-bond acceptors (Lipinski definition) is 4. The van der Waals surface area contributed by atoms with Crippen molar-refractivity contribution in [3.63, 3.8) is 0 Å². The van der Waals surface area contributed by atoms with Gasteiger partial charge in [-0.15, -0.1) is 0 Å². The molecule has 5 rings (SSSR count). The fourth-order valence-corrected chi connectivity index (χ4v) is 3.97. The molecule has 3 aliphatic heterocycles. The third-order valence-electron chi connectivity index (χ3n) is 4.71. The zero-order valence-corrected chi connectivity index (χ0v) is 14.2. The fraction of sp³-hybridized carbons (Fsp3) is 0.111. The number of fused-ring (bicyclic) bond motifs is 6. The SMILES string of the molecule is O=C1OCC2=C1C1c3ccccc3C(=O)N1c1cc(Cl)c(Cl)cc1N2. The summed E-state index contributed by atoms with van der Waals surface area (Å²) in [7, 11) is 0. The Morgan fingerprint density at radius 2 is 1.88 bits per heavy atom. The van der Waals surface area contributed by atoms with Crippen LogP contribution in [-0.2, 0) is 9.53 Å². The number of carbonyl (C=O) groups is 2. The van der Waals surface area contributed by atoms with Crippen LogP contribution in [0.4, 0.5) is 11.4 Å². The first-order valence-electron chi connectivity index (χ1n) is 7.65. The van der Waals surface area contributed by atoms with Crippen LogP contribution >= 0.6 is 23.2 Å². The smallest absolute Gasteiger partial charge is 0.338 e. The van der Waals surface area contributed by atoms with E-state index in [-0.39, 0.29) is 12.5 Å². The maximum absolute atomic E-state index is 13.1. The second-order valence-corrected chi connectivity index (χ2v) is 6.86. The number of nitrogens with zero attached hydrogens (tertiary/aromatic N) is 1. The highest BCUT2D eigenvalue weighted by atomic mass is 35.5. The quantitative estimate of drug-likeness (QED) is 0.711. The largest absolute Gasteiger partial charge is 0.456 e. The number of hydrogen-bond donors (Lipinski definition) is 1. The summed E-state index contributed by atoms with van der Waals surface area (Å²) in [4.78, 5) is 27.1. The summed E-state index contributed by atoms with van der Waals surface area (Å²) in [5, 5.41) is 3.90. The van der Waals surface area contributed by atoms with E-state index in [1.54, 1.807) is 29.2 Å². The molecule has 0 bridgehead atoms. The highest BCUT2D eigenvalue weighted by Crippen LogP contribution is 2.50. The monoisotopic (exact) mass is 372 g/mol. The van der Waals surface area contributed by atoms with Crippen LogP contribution in [0.5, 0.6) is 0 Å². The molecule has 0 aliphatic carbocycles. The van der Waals surface area contributed by atoms with Crippen LogP contribution in [0, 0.1) is 0 Å². The van der Waals surface area contributed by atoms with E-state index in [9.17, 15) is 9.59 Å². The predicted octanol–water partition coefficient (Wildman–Crippen LogP) is 3.93. The maximum atomic E-state index is 13.1. The van der Waals surface area contributed by atoms with Gasteiger partial charge in [0.15, 0.2) is 0 Å². The van der Waals surface area contributed by atoms with Crippen molar-refractivity contribution >= 4 is 46.5 Å². The molecule has 124 valence electrons. The Balaban J connectivity index is 1.84. The van der Waals surface area contributed by atoms with Gasteiger partial charge in [-0.25, -0.2) is 4.79 Å². The van der Waals surface area contributed by atoms with Crippen LogP contribution in [0.3, 0.4) is 0 Å². The Morgan fingerprint density at radius 3 is 2.72 bits per heavy atom. The summed E-state index contributed by atoms with van der Waals surface area (Å²) in [6.07, 6.45) is 0. The summed E-state index contributed by atoms with van der Waals surface area (Å²) >= 11 is 12.3. The van der Waals surface area contributed by atoms with Gasteiger partial charge in [-0.3, -0.25) is 9.69 Å². The van der Waals surface area contributed by atoms with Gasteiger partial charge in [0.25, 0.3) is 5.91 Å². The molecule has 0 radical (unpaired) electrons. The van der Waals surface area contributed by atoms with Gasteiger partial charge >= 0.3 is 5.97 Å². The average molecular weight is 373 g/mol. The van der Waals surface area contributed by atoms with E-state index in [0.717, 1.165) is 5.56 Å². The van der Waals surface area contributed by atoms with Gasteiger partial charge in [-0.2, -0.15) is 0 Å². The van der Waals surface area contributed by atoms with Crippen LogP contribution in [-0.4, -0.2) is 18.5 Å². The first kappa shape index (κ1) is 14.8. The number of anilines is 2. The molecule has 0 saturated heterocycles. The molecule has 2 aromatic rings. The highest BCUT2D eigenvalue weighted by Gasteiger charge is 2.47. The second kappa shape index (κ2) is 5.00. The van der Waals surface area contributed by atoms with Crippen LogP contribution < -0.4 is 10.2 Å². The lowest BCUT2D eigenvalue weighted by molar-refractivity contribution is -0.136. The molecule has 1 amide bonds. The van der Waals surface area contributed by atoms with Crippen molar-refractivity contribution in [3.05, 3.63) is 68.8 Å². The van der Waals surface area contributed by atoms with E-state index in [0.29, 0.717) is 38.3 Å². The van der Waals surface area contributed by atoms with Crippen LogP contribution in [0.15, 0.2) is 47.7 Å². The molecule has 0 aromatic heterocycles. The van der Waals surface area contributed by atoms with Crippen molar-refractivity contribution in [2.75, 3.05) is 16.8 Å². The average Bonchev–Trinajstić information content (AvgIpc) is 3.04. The molecule has 1 unspecified atom stereocenters. The molecule has 5 nitrogen and oxygen atoms in total. The van der Waals surface area contributed by atoms with Crippen LogP contribution in [0.2, 0.25) is 10.0 Å². The first-order valence-corrected chi connectivity index (χ1v) is 8.40. The van der Waals surface area contributed by atoms with E-state index < -0.39 is 12.0 Å². The zero-order chi connectivity index (χ0) is 17.3. The number of rotatable bonds is 0. The number of amides is 1. The van der Waals surface area contributed by atoms with E-state index in [4.69, 9.17) is 27.9 Å². The summed E-state index contributed by atoms with van der Waals surface area (Å²) in [5.41, 5.74) is 3.63. The summed E-state index contributed by atoms with van der Waals surface area (Å²) in [6, 6.07) is 10.0. The van der Waals surface area contributed by atoms with E-state index in [1.807, 2.05) is 12.1 Å². The molecule has 0 saturated carbocycles. The minimum absolute atomic E-state index is 0.133. The number of ether oxygens (including phenoxy) is 1. The van der Waals surface area contributed by atoms with Gasteiger partial charge in [-0.1, -0.05) is 41.4 Å². The van der Waals surface area contributed by atoms with Gasteiger partial charge in [0.1, 0.15) is 6.61 Å². The minimum Gasteiger partial charge on any atom is -0.456 e. The molecule has 2 aromatic carbocycles. The van der Waals surface area contributed by atoms with Crippen LogP contribution in [0.1, 0.15) is 22.0 Å². The number of cyclic esters (lactones) is 1. The molecule has 3 aliphatic rings. The maximum Gasteiger partial charge on any atom is 0.338 e. The Labute approximate surface area is 152 Å².